The molecule has 0 aromatic rings. The first-order valence-electron chi connectivity index (χ1n) is 5.07. The normalized spacial score (nSPS) is 46.6. The van der Waals surface area contributed by atoms with Gasteiger partial charge in [-0.2, -0.15) is 0 Å². The van der Waals surface area contributed by atoms with Crippen molar-refractivity contribution in [1.29, 1.82) is 0 Å². The Labute approximate surface area is 82.9 Å². The molecule has 14 heavy (non-hydrogen) atoms. The van der Waals surface area contributed by atoms with Gasteiger partial charge in [-0.3, -0.25) is 4.79 Å². The van der Waals surface area contributed by atoms with Crippen LogP contribution >= 0.6 is 0 Å². The lowest BCUT2D eigenvalue weighted by atomic mass is 9.63. The van der Waals surface area contributed by atoms with Crippen molar-refractivity contribution in [3.8, 4) is 0 Å². The maximum absolute atomic E-state index is 11.2. The Bertz CT molecular complexity index is 253. The van der Waals surface area contributed by atoms with Crippen molar-refractivity contribution in [2.75, 3.05) is 6.61 Å². The van der Waals surface area contributed by atoms with E-state index in [0.29, 0.717) is 25.7 Å². The molecule has 0 aromatic carbocycles. The average Bonchev–Trinajstić information content (AvgIpc) is 2.19. The van der Waals surface area contributed by atoms with Crippen molar-refractivity contribution >= 4 is 5.97 Å². The molecule has 2 heterocycles. The van der Waals surface area contributed by atoms with Gasteiger partial charge in [-0.25, -0.2) is 0 Å². The number of aliphatic hydroxyl groups excluding tert-OH is 1. The molecule has 1 atom stereocenters. The van der Waals surface area contributed by atoms with Crippen molar-refractivity contribution in [2.24, 2.45) is 5.41 Å². The Kier molecular flexibility index (Phi) is 2.08. The van der Waals surface area contributed by atoms with Crippen LogP contribution in [0, 0.1) is 5.41 Å². The van der Waals surface area contributed by atoms with Crippen LogP contribution in [0.4, 0.5) is 0 Å². The van der Waals surface area contributed by atoms with Crippen LogP contribution in [-0.2, 0) is 9.53 Å². The number of carboxylic acid groups (broad SMARTS) is 1. The highest BCUT2D eigenvalue weighted by molar-refractivity contribution is 5.76. The first-order valence-corrected chi connectivity index (χ1v) is 5.07. The third kappa shape index (κ3) is 1.10. The molecule has 0 amide bonds. The summed E-state index contributed by atoms with van der Waals surface area (Å²) in [6.45, 7) is 1.81. The van der Waals surface area contributed by atoms with Crippen LogP contribution in [0.15, 0.2) is 0 Å². The average molecular weight is 200 g/mol. The molecular weight excluding hydrogens is 184 g/mol. The summed E-state index contributed by atoms with van der Waals surface area (Å²) in [5, 5.41) is 18.4. The molecule has 0 radical (unpaired) electrons. The maximum atomic E-state index is 11.2. The van der Waals surface area contributed by atoms with E-state index in [1.54, 1.807) is 6.92 Å². The molecule has 0 aromatic heterocycles. The van der Waals surface area contributed by atoms with Gasteiger partial charge in [-0.15, -0.1) is 0 Å². The van der Waals surface area contributed by atoms with Gasteiger partial charge in [0.25, 0.3) is 0 Å². The number of carbonyl (C=O) groups is 1. The zero-order chi connectivity index (χ0) is 10.4. The van der Waals surface area contributed by atoms with Gasteiger partial charge in [0.2, 0.25) is 0 Å². The Morgan fingerprint density at radius 2 is 2.00 bits per heavy atom. The van der Waals surface area contributed by atoms with Crippen LogP contribution in [0.2, 0.25) is 0 Å². The van der Waals surface area contributed by atoms with E-state index in [2.05, 4.69) is 0 Å². The summed E-state index contributed by atoms with van der Waals surface area (Å²) in [5.74, 6) is -0.753. The largest absolute Gasteiger partial charge is 0.481 e. The maximum Gasteiger partial charge on any atom is 0.312 e. The molecule has 2 aliphatic heterocycles. The zero-order valence-corrected chi connectivity index (χ0v) is 8.32. The van der Waals surface area contributed by atoms with Crippen molar-refractivity contribution in [1.82, 2.24) is 0 Å². The summed E-state index contributed by atoms with van der Waals surface area (Å²) in [4.78, 5) is 11.2. The second-order valence-corrected chi connectivity index (χ2v) is 4.56. The van der Waals surface area contributed by atoms with Gasteiger partial charge in [-0.05, 0) is 32.6 Å². The third-order valence-electron chi connectivity index (χ3n) is 3.97. The van der Waals surface area contributed by atoms with Gasteiger partial charge in [0, 0.05) is 0 Å². The highest BCUT2D eigenvalue weighted by Crippen LogP contribution is 2.52. The number of hydrogen-bond acceptors (Lipinski definition) is 3. The second kappa shape index (κ2) is 2.94. The lowest BCUT2D eigenvalue weighted by molar-refractivity contribution is -0.242. The van der Waals surface area contributed by atoms with Crippen LogP contribution in [0.25, 0.3) is 0 Å². The van der Waals surface area contributed by atoms with Crippen LogP contribution in [0.3, 0.4) is 0 Å². The van der Waals surface area contributed by atoms with Crippen LogP contribution in [0.1, 0.15) is 32.6 Å². The molecule has 1 aliphatic carbocycles. The molecule has 2 saturated heterocycles. The fourth-order valence-corrected chi connectivity index (χ4v) is 2.75. The number of hydrogen-bond donors (Lipinski definition) is 2. The van der Waals surface area contributed by atoms with Gasteiger partial charge in [0.05, 0.1) is 23.7 Å². The predicted octanol–water partition coefficient (Wildman–Crippen LogP) is 0.781. The van der Waals surface area contributed by atoms with Gasteiger partial charge in [0.1, 0.15) is 0 Å². The first kappa shape index (κ1) is 9.93. The Morgan fingerprint density at radius 1 is 1.43 bits per heavy atom. The molecule has 4 nitrogen and oxygen atoms in total. The summed E-state index contributed by atoms with van der Waals surface area (Å²) in [6.07, 6.45) is 2.31. The molecule has 3 rings (SSSR count). The number of aliphatic carboxylic acids is 1. The monoisotopic (exact) mass is 200 g/mol. The molecule has 1 unspecified atom stereocenters. The van der Waals surface area contributed by atoms with Crippen molar-refractivity contribution in [3.63, 3.8) is 0 Å². The lowest BCUT2D eigenvalue weighted by Crippen LogP contribution is -2.60. The molecule has 2 bridgehead atoms. The molecule has 3 fully saturated rings. The summed E-state index contributed by atoms with van der Waals surface area (Å²) in [5.41, 5.74) is -1.15. The number of ether oxygens (including phenoxy) is 1. The molecule has 0 spiro atoms. The van der Waals surface area contributed by atoms with E-state index >= 15 is 0 Å². The van der Waals surface area contributed by atoms with Crippen molar-refractivity contribution < 1.29 is 19.7 Å². The SMILES string of the molecule is CC1OC2(CO)CCC1(C(=O)O)CC2. The molecule has 1 saturated carbocycles. The summed E-state index contributed by atoms with van der Waals surface area (Å²) < 4.78 is 5.66. The van der Waals surface area contributed by atoms with E-state index in [1.165, 1.54) is 0 Å². The quantitative estimate of drug-likeness (QED) is 0.691. The topological polar surface area (TPSA) is 66.8 Å². The Hall–Kier alpha value is -0.610. The number of carboxylic acids is 1. The number of fused-ring (bicyclic) bond motifs is 3. The van der Waals surface area contributed by atoms with Gasteiger partial charge in [-0.1, -0.05) is 0 Å². The fraction of sp³-hybridized carbons (Fsp3) is 0.900. The van der Waals surface area contributed by atoms with Crippen molar-refractivity contribution in [2.45, 2.75) is 44.3 Å². The smallest absolute Gasteiger partial charge is 0.312 e. The fourth-order valence-electron chi connectivity index (χ4n) is 2.75. The predicted molar refractivity (Wildman–Crippen MR) is 48.9 cm³/mol. The first-order chi connectivity index (χ1) is 6.55. The third-order valence-corrected chi connectivity index (χ3v) is 3.97. The van der Waals surface area contributed by atoms with E-state index in [9.17, 15) is 15.0 Å². The van der Waals surface area contributed by atoms with Gasteiger partial charge < -0.3 is 14.9 Å². The molecule has 3 aliphatic rings. The molecule has 4 heteroatoms. The molecule has 2 N–H and O–H groups in total. The van der Waals surface area contributed by atoms with Crippen LogP contribution in [-0.4, -0.2) is 34.5 Å². The minimum Gasteiger partial charge on any atom is -0.481 e. The minimum atomic E-state index is -0.753. The standard InChI is InChI=1S/C10H16O4/c1-7-10(8(12)13)4-2-9(6-11,14-7)3-5-10/h7,11H,2-6H2,1H3,(H,12,13). The van der Waals surface area contributed by atoms with Crippen molar-refractivity contribution in [3.05, 3.63) is 0 Å². The van der Waals surface area contributed by atoms with E-state index in [1.807, 2.05) is 0 Å². The van der Waals surface area contributed by atoms with Crippen LogP contribution < -0.4 is 0 Å². The van der Waals surface area contributed by atoms with Crippen LogP contribution in [0.5, 0.6) is 0 Å². The van der Waals surface area contributed by atoms with E-state index < -0.39 is 17.0 Å². The summed E-state index contributed by atoms with van der Waals surface area (Å²) >= 11 is 0. The number of rotatable bonds is 2. The highest BCUT2D eigenvalue weighted by atomic mass is 16.5. The van der Waals surface area contributed by atoms with Gasteiger partial charge >= 0.3 is 5.97 Å². The van der Waals surface area contributed by atoms with E-state index in [4.69, 9.17) is 4.74 Å². The summed E-state index contributed by atoms with van der Waals surface area (Å²) in [6, 6.07) is 0. The van der Waals surface area contributed by atoms with E-state index in [-0.39, 0.29) is 12.7 Å². The minimum absolute atomic E-state index is 0.00698. The summed E-state index contributed by atoms with van der Waals surface area (Å²) in [7, 11) is 0. The molecular formula is C10H16O4. The Balaban J connectivity index is 2.25. The highest BCUT2D eigenvalue weighted by Gasteiger charge is 2.57. The molecule has 80 valence electrons. The Morgan fingerprint density at radius 3 is 2.36 bits per heavy atom. The zero-order valence-electron chi connectivity index (χ0n) is 8.32. The number of aliphatic hydroxyl groups is 1. The second-order valence-electron chi connectivity index (χ2n) is 4.56. The van der Waals surface area contributed by atoms with E-state index in [0.717, 1.165) is 0 Å². The van der Waals surface area contributed by atoms with Gasteiger partial charge in [0.15, 0.2) is 0 Å². The lowest BCUT2D eigenvalue weighted by Gasteiger charge is -2.54.